The molecule has 2 nitrogen and oxygen atoms in total. The quantitative estimate of drug-likeness (QED) is 0.670. The molecule has 64 valence electrons. The number of rotatable bonds is 4. The van der Waals surface area contributed by atoms with Crippen LogP contribution in [-0.2, 0) is 27.2 Å². The van der Waals surface area contributed by atoms with Crippen molar-refractivity contribution in [1.29, 1.82) is 0 Å². The first-order valence-corrected chi connectivity index (χ1v) is 3.39. The van der Waals surface area contributed by atoms with E-state index < -0.39 is 5.97 Å². The molecule has 0 saturated heterocycles. The minimum Gasteiger partial charge on any atom is -0.550 e. The summed E-state index contributed by atoms with van der Waals surface area (Å²) in [4.78, 5) is 10.1. The number of aliphatic carboxylic acids is 1. The number of unbranched alkanes of at least 4 members (excludes halogenated alkanes) is 1. The summed E-state index contributed by atoms with van der Waals surface area (Å²) >= 11 is 0. The van der Waals surface area contributed by atoms with Gasteiger partial charge in [0.05, 0.1) is 0 Å². The van der Waals surface area contributed by atoms with Crippen LogP contribution in [-0.4, -0.2) is 5.97 Å². The van der Waals surface area contributed by atoms with Gasteiger partial charge in [-0.25, -0.2) is 0 Å². The normalized spacial score (nSPS) is 11.8. The second-order valence-corrected chi connectivity index (χ2v) is 2.36. The Labute approximate surface area is 77.5 Å². The third kappa shape index (κ3) is 6.33. The molecule has 10 heavy (non-hydrogen) atoms. The van der Waals surface area contributed by atoms with E-state index in [-0.39, 0.29) is 28.3 Å². The molecule has 0 saturated carbocycles. The number of carbonyl (C=O) groups is 1. The largest absolute Gasteiger partial charge is 1.00 e. The first kappa shape index (κ1) is 12.8. The van der Waals surface area contributed by atoms with Gasteiger partial charge in [0, 0.05) is 5.97 Å². The van der Waals surface area contributed by atoms with Gasteiger partial charge in [0.25, 0.3) is 0 Å². The third-order valence-electron chi connectivity index (χ3n) is 1.39. The molecule has 0 bridgehead atoms. The monoisotopic (exact) mass is 236 g/mol. The fraction of sp³-hybridized carbons (Fsp3) is 0.857. The van der Waals surface area contributed by atoms with Crippen LogP contribution in [0.5, 0.6) is 0 Å². The van der Waals surface area contributed by atoms with Crippen molar-refractivity contribution >= 4 is 5.97 Å². The van der Waals surface area contributed by atoms with Gasteiger partial charge in [0.2, 0.25) is 0 Å². The summed E-state index contributed by atoms with van der Waals surface area (Å²) < 4.78 is 0. The molecule has 3 heteroatoms. The van der Waals surface area contributed by atoms with E-state index in [4.69, 9.17) is 0 Å². The van der Waals surface area contributed by atoms with Crippen molar-refractivity contribution in [2.75, 3.05) is 0 Å². The summed E-state index contributed by atoms with van der Waals surface area (Å²) in [6, 6.07) is 0. The summed E-state index contributed by atoms with van der Waals surface area (Å²) in [5, 5.41) is 10.1. The van der Waals surface area contributed by atoms with Gasteiger partial charge in [-0.05, 0) is 12.3 Å². The van der Waals surface area contributed by atoms with Crippen molar-refractivity contribution in [3.05, 3.63) is 0 Å². The van der Waals surface area contributed by atoms with Crippen LogP contribution < -0.4 is 5.11 Å². The molecule has 0 fully saturated rings. The van der Waals surface area contributed by atoms with E-state index in [1.807, 2.05) is 6.92 Å². The maximum Gasteiger partial charge on any atom is 1.00 e. The summed E-state index contributed by atoms with van der Waals surface area (Å²) in [5.41, 5.74) is 0. The Balaban J connectivity index is 0. The van der Waals surface area contributed by atoms with Gasteiger partial charge in [-0.3, -0.25) is 0 Å². The number of carboxylic acid groups (broad SMARTS) is 1. The molecule has 1 atom stereocenters. The average Bonchev–Trinajstić information content (AvgIpc) is 1.82. The zero-order valence-corrected chi connectivity index (χ0v) is 7.80. The van der Waals surface area contributed by atoms with Gasteiger partial charge in [-0.15, -0.1) is 0 Å². The predicted molar refractivity (Wildman–Crippen MR) is 33.7 cm³/mol. The number of hydrogen-bond donors (Lipinski definition) is 0. The van der Waals surface area contributed by atoms with Crippen molar-refractivity contribution in [2.45, 2.75) is 33.1 Å². The Bertz CT molecular complexity index is 93.6. The number of carbonyl (C=O) groups excluding carboxylic acids is 1. The topological polar surface area (TPSA) is 40.1 Å². The molecular weight excluding hydrogens is 224 g/mol. The molecule has 0 N–H and O–H groups in total. The van der Waals surface area contributed by atoms with E-state index in [1.54, 1.807) is 6.92 Å². The summed E-state index contributed by atoms with van der Waals surface area (Å²) in [7, 11) is 0. The smallest absolute Gasteiger partial charge is 0.550 e. The molecule has 0 aliphatic heterocycles. The van der Waals surface area contributed by atoms with Crippen LogP contribution in [0.25, 0.3) is 0 Å². The van der Waals surface area contributed by atoms with Crippen LogP contribution in [0.15, 0.2) is 0 Å². The van der Waals surface area contributed by atoms with Crippen molar-refractivity contribution in [2.24, 2.45) is 5.92 Å². The summed E-state index contributed by atoms with van der Waals surface area (Å²) in [5.74, 6) is -1.20. The van der Waals surface area contributed by atoms with Crippen molar-refractivity contribution < 1.29 is 32.3 Å². The summed E-state index contributed by atoms with van der Waals surface area (Å²) in [6.07, 6.45) is 2.78. The van der Waals surface area contributed by atoms with Crippen LogP contribution in [0.2, 0.25) is 0 Å². The molecule has 0 amide bonds. The van der Waals surface area contributed by atoms with Crippen LogP contribution in [0.3, 0.4) is 0 Å². The van der Waals surface area contributed by atoms with E-state index >= 15 is 0 Å². The zero-order valence-electron chi connectivity index (χ0n) is 6.32. The molecule has 0 spiro atoms. The molecule has 0 radical (unpaired) electrons. The second-order valence-electron chi connectivity index (χ2n) is 2.36. The molecule has 1 unspecified atom stereocenters. The maximum absolute atomic E-state index is 10.1. The number of hydrogen-bond acceptors (Lipinski definition) is 2. The molecule has 0 aliphatic rings. The van der Waals surface area contributed by atoms with Crippen LogP contribution in [0, 0.1) is 5.92 Å². The van der Waals surface area contributed by atoms with Crippen LogP contribution >= 0.6 is 0 Å². The van der Waals surface area contributed by atoms with E-state index in [9.17, 15) is 9.90 Å². The Hall–Kier alpha value is 0.210. The van der Waals surface area contributed by atoms with E-state index in [2.05, 4.69) is 0 Å². The molecule has 0 heterocycles. The Morgan fingerprint density at radius 2 is 2.10 bits per heavy atom. The molecule has 0 aliphatic carbocycles. The van der Waals surface area contributed by atoms with E-state index in [0.717, 1.165) is 19.3 Å². The molecule has 0 aromatic rings. The van der Waals surface area contributed by atoms with Crippen molar-refractivity contribution in [3.63, 3.8) is 0 Å². The van der Waals surface area contributed by atoms with E-state index in [0.29, 0.717) is 0 Å². The first-order valence-electron chi connectivity index (χ1n) is 3.39. The van der Waals surface area contributed by atoms with Gasteiger partial charge < -0.3 is 9.90 Å². The third-order valence-corrected chi connectivity index (χ3v) is 1.39. The van der Waals surface area contributed by atoms with Gasteiger partial charge in [-0.2, -0.15) is 0 Å². The molecule has 0 aromatic carbocycles. The summed E-state index contributed by atoms with van der Waals surface area (Å²) in [6.45, 7) is 3.73. The standard InChI is InChI=1S/C7H14O2.Ag/c1-3-4-5-6(2)7(8)9;/h6H,3-5H2,1-2H3,(H,8,9);/q;+1/p-1. The first-order chi connectivity index (χ1) is 4.18. The van der Waals surface area contributed by atoms with E-state index in [1.165, 1.54) is 0 Å². The predicted octanol–water partition coefficient (Wildman–Crippen LogP) is 0.560. The SMILES string of the molecule is CCCCC(C)C(=O)[O-].[Ag+]. The van der Waals surface area contributed by atoms with Gasteiger partial charge in [-0.1, -0.05) is 26.7 Å². The fourth-order valence-corrected chi connectivity index (χ4v) is 0.628. The Morgan fingerprint density at radius 1 is 1.60 bits per heavy atom. The second kappa shape index (κ2) is 7.32. The van der Waals surface area contributed by atoms with Crippen molar-refractivity contribution in [1.82, 2.24) is 0 Å². The maximum atomic E-state index is 10.1. The van der Waals surface area contributed by atoms with Gasteiger partial charge >= 0.3 is 22.4 Å². The molecule has 0 rings (SSSR count). The van der Waals surface area contributed by atoms with Crippen LogP contribution in [0.1, 0.15) is 33.1 Å². The average molecular weight is 237 g/mol. The Morgan fingerprint density at radius 3 is 2.40 bits per heavy atom. The minimum atomic E-state index is -0.927. The zero-order chi connectivity index (χ0) is 7.28. The Kier molecular flexibility index (Phi) is 9.40. The molecule has 0 aromatic heterocycles. The fourth-order valence-electron chi connectivity index (χ4n) is 0.628. The van der Waals surface area contributed by atoms with Gasteiger partial charge in [0.15, 0.2) is 0 Å². The minimum absolute atomic E-state index is 0. The van der Waals surface area contributed by atoms with Crippen LogP contribution in [0.4, 0.5) is 0 Å². The molecular formula is C7H13AgO2. The van der Waals surface area contributed by atoms with Gasteiger partial charge in [0.1, 0.15) is 0 Å². The number of carboxylic acids is 1. The van der Waals surface area contributed by atoms with Crippen molar-refractivity contribution in [3.8, 4) is 0 Å².